The Balaban J connectivity index is 0.00000231. The molecule has 11 nitrogen and oxygen atoms in total. The molecule has 0 amide bonds. The van der Waals surface area contributed by atoms with Crippen LogP contribution >= 0.6 is 0 Å². The van der Waals surface area contributed by atoms with E-state index in [0.717, 1.165) is 5.56 Å². The van der Waals surface area contributed by atoms with E-state index in [1.165, 1.54) is 6.20 Å². The molecule has 0 unspecified atom stereocenters. The third-order valence-electron chi connectivity index (χ3n) is 6.33. The van der Waals surface area contributed by atoms with Crippen molar-refractivity contribution in [3.63, 3.8) is 0 Å². The molecule has 0 aliphatic heterocycles. The molecule has 0 spiro atoms. The maximum absolute atomic E-state index is 11.9. The quantitative estimate of drug-likeness (QED) is 0.116. The first-order valence-electron chi connectivity index (χ1n) is 11.7. The van der Waals surface area contributed by atoms with Gasteiger partial charge in [0.1, 0.15) is 12.2 Å². The van der Waals surface area contributed by atoms with Gasteiger partial charge in [0, 0.05) is 35.5 Å². The molecular formula is C26H22N2Na2O9S2. The molecule has 204 valence electrons. The molecule has 4 aromatic rings. The van der Waals surface area contributed by atoms with Gasteiger partial charge in [0.2, 0.25) is 20.8 Å². The Morgan fingerprint density at radius 2 is 1.54 bits per heavy atom. The van der Waals surface area contributed by atoms with Crippen molar-refractivity contribution in [3.05, 3.63) is 108 Å². The first kappa shape index (κ1) is 34.1. The van der Waals surface area contributed by atoms with Crippen LogP contribution in [0.2, 0.25) is 0 Å². The van der Waals surface area contributed by atoms with Gasteiger partial charge in [-0.3, -0.25) is 13.4 Å². The molecule has 1 aliphatic carbocycles. The van der Waals surface area contributed by atoms with E-state index in [4.69, 9.17) is 13.1 Å². The molecular weight excluding hydrogens is 594 g/mol. The smallest absolute Gasteiger partial charge is 0.726 e. The molecule has 0 saturated heterocycles. The summed E-state index contributed by atoms with van der Waals surface area (Å²) < 4.78 is 87.4. The number of benzene rings is 2. The molecule has 0 saturated carbocycles. The van der Waals surface area contributed by atoms with Gasteiger partial charge in [-0.25, -0.2) is 16.8 Å². The molecule has 41 heavy (non-hydrogen) atoms. The van der Waals surface area contributed by atoms with Crippen molar-refractivity contribution in [1.82, 2.24) is 9.97 Å². The molecule has 1 N–H and O–H groups in total. The largest absolute Gasteiger partial charge is 1.00 e. The summed E-state index contributed by atoms with van der Waals surface area (Å²) in [6.07, 6.45) is 1.48. The van der Waals surface area contributed by atoms with Crippen LogP contribution in [0.15, 0.2) is 91.4 Å². The van der Waals surface area contributed by atoms with Gasteiger partial charge in [0.25, 0.3) is 0 Å². The Bertz CT molecular complexity index is 1700. The van der Waals surface area contributed by atoms with Crippen LogP contribution in [0.4, 0.5) is 0 Å². The Hall–Kier alpha value is -1.43. The number of H-pyrrole nitrogens is 1. The molecule has 0 bridgehead atoms. The van der Waals surface area contributed by atoms with E-state index in [9.17, 15) is 25.9 Å². The van der Waals surface area contributed by atoms with Gasteiger partial charge in [0.15, 0.2) is 0 Å². The van der Waals surface area contributed by atoms with E-state index in [2.05, 4.69) is 9.97 Å². The third-order valence-corrected chi connectivity index (χ3v) is 7.23. The number of para-hydroxylation sites is 1. The van der Waals surface area contributed by atoms with Crippen LogP contribution in [0, 0.1) is 0 Å². The Labute approximate surface area is 281 Å². The number of pyridine rings is 1. The van der Waals surface area contributed by atoms with Crippen molar-refractivity contribution in [1.29, 1.82) is 0 Å². The number of hydrogen-bond donors (Lipinski definition) is 1. The van der Waals surface area contributed by atoms with Crippen molar-refractivity contribution in [2.24, 2.45) is 0 Å². The zero-order valence-corrected chi connectivity index (χ0v) is 27.7. The van der Waals surface area contributed by atoms with Gasteiger partial charge in [-0.2, -0.15) is 0 Å². The van der Waals surface area contributed by atoms with Gasteiger partial charge < -0.3 is 18.8 Å². The third kappa shape index (κ3) is 8.57. The summed E-state index contributed by atoms with van der Waals surface area (Å²) in [6, 6.07) is 19.2. The van der Waals surface area contributed by atoms with Crippen molar-refractivity contribution >= 4 is 37.3 Å². The van der Waals surface area contributed by atoms with Crippen LogP contribution in [0.5, 0.6) is 0 Å². The van der Waals surface area contributed by atoms with Gasteiger partial charge in [-0.15, -0.1) is 0 Å². The van der Waals surface area contributed by atoms with Crippen molar-refractivity contribution in [3.8, 4) is 0 Å². The minimum absolute atomic E-state index is 0. The average Bonchev–Trinajstić information content (AvgIpc) is 3.42. The molecule has 2 aromatic heterocycles. The maximum atomic E-state index is 11.9. The number of ether oxygens (including phenoxy) is 1. The molecule has 5 rings (SSSR count). The minimum atomic E-state index is -5.43. The fraction of sp³-hybridized carbons (Fsp3) is 0.192. The first-order chi connectivity index (χ1) is 18.6. The Kier molecular flexibility index (Phi) is 11.9. The number of aromatic amines is 1. The molecule has 4 atom stereocenters. The topological polar surface area (TPSA) is 171 Å². The first-order valence-corrected chi connectivity index (χ1v) is 14.4. The average molecular weight is 617 g/mol. The summed E-state index contributed by atoms with van der Waals surface area (Å²) in [5, 5.41) is 0.689. The zero-order valence-electron chi connectivity index (χ0n) is 22.1. The summed E-state index contributed by atoms with van der Waals surface area (Å²) >= 11 is 0. The van der Waals surface area contributed by atoms with E-state index in [0.29, 0.717) is 22.0 Å². The van der Waals surface area contributed by atoms with Crippen LogP contribution in [0.25, 0.3) is 16.5 Å². The summed E-state index contributed by atoms with van der Waals surface area (Å²) in [6.45, 7) is -0.0406. The molecule has 2 aromatic carbocycles. The zero-order chi connectivity index (χ0) is 27.6. The second-order valence-corrected chi connectivity index (χ2v) is 10.8. The van der Waals surface area contributed by atoms with Gasteiger partial charge in [-0.05, 0) is 28.8 Å². The number of fused-ring (bicyclic) bond motifs is 1. The summed E-state index contributed by atoms with van der Waals surface area (Å²) in [7, 11) is -10.8. The second kappa shape index (κ2) is 14.4. The summed E-state index contributed by atoms with van der Waals surface area (Å²) in [4.78, 5) is 7.31. The predicted octanol–water partition coefficient (Wildman–Crippen LogP) is -2.97. The fourth-order valence-electron chi connectivity index (χ4n) is 4.79. The standard InChI is InChI=1S/C26H24N2O9S2.2Na/c29-38(30,31)36-25-22(20-10-4-8-18-9-5-12-28-23(18)20)14-21(19-11-13-27-15-19)24(26(25)37-39(32,33)34)35-16-17-6-2-1-3-7-17;;/h1-15,21,24-27H,16H2,(H,29,30,31)(H,32,33,34);;/q;2*+1/p-2/t21-,24-,25-,26+;;/m1../s1. The monoisotopic (exact) mass is 616 g/mol. The van der Waals surface area contributed by atoms with E-state index in [-0.39, 0.29) is 71.3 Å². The van der Waals surface area contributed by atoms with Crippen LogP contribution in [-0.4, -0.2) is 54.2 Å². The number of hydrogen-bond acceptors (Lipinski definition) is 10. The molecule has 0 fully saturated rings. The van der Waals surface area contributed by atoms with E-state index < -0.39 is 45.0 Å². The van der Waals surface area contributed by atoms with Crippen LogP contribution in [0.3, 0.4) is 0 Å². The van der Waals surface area contributed by atoms with Gasteiger partial charge >= 0.3 is 59.1 Å². The SMILES string of the molecule is O=S(=O)([O-])O[C@H]1[C@H](OCc2ccccc2)[C@@H](c2cc[nH]c2)C=C(c2cccc3cccnc23)[C@H]1OS(=O)(=O)[O-].[Na+].[Na+]. The van der Waals surface area contributed by atoms with E-state index >= 15 is 0 Å². The predicted molar refractivity (Wildman–Crippen MR) is 137 cm³/mol. The van der Waals surface area contributed by atoms with Gasteiger partial charge in [0.05, 0.1) is 18.2 Å². The summed E-state index contributed by atoms with van der Waals surface area (Å²) in [5.41, 5.74) is 2.23. The molecule has 1 aliphatic rings. The number of nitrogens with zero attached hydrogens (tertiary/aromatic N) is 1. The minimum Gasteiger partial charge on any atom is -0.726 e. The number of nitrogens with one attached hydrogen (secondary N) is 1. The van der Waals surface area contributed by atoms with E-state index in [1.807, 2.05) is 0 Å². The number of rotatable bonds is 9. The molecule has 15 heteroatoms. The van der Waals surface area contributed by atoms with Gasteiger partial charge in [-0.1, -0.05) is 60.7 Å². The normalized spacial score (nSPS) is 21.0. The second-order valence-electron chi connectivity index (χ2n) is 8.83. The number of aromatic nitrogens is 2. The van der Waals surface area contributed by atoms with Crippen LogP contribution in [0.1, 0.15) is 22.6 Å². The fourth-order valence-corrected chi connectivity index (χ4v) is 5.74. The van der Waals surface area contributed by atoms with Crippen LogP contribution in [-0.2, 0) is 40.5 Å². The molecule has 0 radical (unpaired) electrons. The molecule has 2 heterocycles. The maximum Gasteiger partial charge on any atom is 1.00 e. The summed E-state index contributed by atoms with van der Waals surface area (Å²) in [5.74, 6) is -0.755. The van der Waals surface area contributed by atoms with Crippen molar-refractivity contribution < 1.29 is 98.2 Å². The Morgan fingerprint density at radius 1 is 0.829 bits per heavy atom. The Morgan fingerprint density at radius 3 is 2.20 bits per heavy atom. The van der Waals surface area contributed by atoms with Crippen LogP contribution < -0.4 is 59.1 Å². The van der Waals surface area contributed by atoms with Crippen molar-refractivity contribution in [2.45, 2.75) is 30.8 Å². The van der Waals surface area contributed by atoms with E-state index in [1.54, 1.807) is 85.2 Å². The van der Waals surface area contributed by atoms with Crippen molar-refractivity contribution in [2.75, 3.05) is 0 Å².